The predicted octanol–water partition coefficient (Wildman–Crippen LogP) is 3.71. The molecule has 8 atom stereocenters. The van der Waals surface area contributed by atoms with E-state index in [9.17, 15) is 15.0 Å². The van der Waals surface area contributed by atoms with Crippen LogP contribution in [0.15, 0.2) is 0 Å². The highest BCUT2D eigenvalue weighted by molar-refractivity contribution is 5.86. The van der Waals surface area contributed by atoms with Gasteiger partial charge in [0.15, 0.2) is 5.78 Å². The monoisotopic (exact) mass is 334 g/mol. The summed E-state index contributed by atoms with van der Waals surface area (Å²) in [4.78, 5) is 12.2. The molecule has 0 spiro atoms. The molecule has 4 rings (SSSR count). The Hall–Kier alpha value is -0.410. The summed E-state index contributed by atoms with van der Waals surface area (Å²) in [6.45, 7) is 6.26. The summed E-state index contributed by atoms with van der Waals surface area (Å²) in [6, 6.07) is 0. The van der Waals surface area contributed by atoms with Gasteiger partial charge in [0, 0.05) is 5.41 Å². The van der Waals surface area contributed by atoms with Crippen LogP contribution in [0.4, 0.5) is 0 Å². The fraction of sp³-hybridized carbons (Fsp3) is 0.952. The fourth-order valence-corrected chi connectivity index (χ4v) is 7.83. The minimum absolute atomic E-state index is 0.0216. The second-order valence-electron chi connectivity index (χ2n) is 10.00. The number of carbonyl (C=O) groups is 1. The molecule has 4 fully saturated rings. The molecule has 0 radical (unpaired) electrons. The molecule has 24 heavy (non-hydrogen) atoms. The largest absolute Gasteiger partial charge is 0.393 e. The molecule has 0 bridgehead atoms. The van der Waals surface area contributed by atoms with Crippen molar-refractivity contribution in [3.05, 3.63) is 0 Å². The number of hydrogen-bond acceptors (Lipinski definition) is 3. The molecule has 0 aromatic carbocycles. The molecule has 4 aliphatic rings. The molecule has 0 saturated heterocycles. The van der Waals surface area contributed by atoms with E-state index in [4.69, 9.17) is 0 Å². The smallest absolute Gasteiger partial charge is 0.161 e. The molecular formula is C21H34O3. The molecule has 136 valence electrons. The number of aliphatic hydroxyl groups excluding tert-OH is 1. The third-order valence-corrected chi connectivity index (χ3v) is 9.37. The average Bonchev–Trinajstić information content (AvgIpc) is 2.81. The van der Waals surface area contributed by atoms with Crippen molar-refractivity contribution in [1.82, 2.24) is 0 Å². The van der Waals surface area contributed by atoms with Crippen LogP contribution in [0.2, 0.25) is 0 Å². The topological polar surface area (TPSA) is 57.5 Å². The van der Waals surface area contributed by atoms with Gasteiger partial charge in [-0.2, -0.15) is 0 Å². The summed E-state index contributed by atoms with van der Waals surface area (Å²) in [5, 5.41) is 21.3. The number of ketones is 1. The van der Waals surface area contributed by atoms with Crippen LogP contribution < -0.4 is 0 Å². The Balaban J connectivity index is 1.65. The zero-order chi connectivity index (χ0) is 17.3. The zero-order valence-corrected chi connectivity index (χ0v) is 15.6. The molecule has 2 N–H and O–H groups in total. The molecule has 3 heteroatoms. The number of fused-ring (bicyclic) bond motifs is 5. The standard InChI is InChI=1S/C21H34O3/c1-13(22)21(24)11-8-18-16-5-4-14-12-15(23)6-9-19(14,2)17(16)7-10-20(18,21)3/h14-18,23-24H,4-12H2,1-3H3/t14-,15-,16?,17?,18?,19+,20+,21+/m1/s1. The quantitative estimate of drug-likeness (QED) is 0.768. The van der Waals surface area contributed by atoms with Gasteiger partial charge in [-0.3, -0.25) is 4.79 Å². The summed E-state index contributed by atoms with van der Waals surface area (Å²) in [5.41, 5.74) is -0.957. The lowest BCUT2D eigenvalue weighted by molar-refractivity contribution is -0.170. The van der Waals surface area contributed by atoms with E-state index < -0.39 is 5.60 Å². The Bertz CT molecular complexity index is 545. The molecule has 0 heterocycles. The van der Waals surface area contributed by atoms with Crippen LogP contribution in [0.3, 0.4) is 0 Å². The fourth-order valence-electron chi connectivity index (χ4n) is 7.83. The van der Waals surface area contributed by atoms with E-state index in [0.29, 0.717) is 29.6 Å². The highest BCUT2D eigenvalue weighted by atomic mass is 16.3. The molecule has 4 aliphatic carbocycles. The first-order valence-corrected chi connectivity index (χ1v) is 10.1. The maximum absolute atomic E-state index is 12.2. The first-order valence-electron chi connectivity index (χ1n) is 10.1. The van der Waals surface area contributed by atoms with E-state index in [2.05, 4.69) is 13.8 Å². The van der Waals surface area contributed by atoms with Crippen LogP contribution in [0, 0.1) is 34.5 Å². The van der Waals surface area contributed by atoms with Crippen LogP contribution in [0.25, 0.3) is 0 Å². The van der Waals surface area contributed by atoms with Crippen molar-refractivity contribution in [3.8, 4) is 0 Å². The average molecular weight is 335 g/mol. The van der Waals surface area contributed by atoms with Gasteiger partial charge in [0.1, 0.15) is 5.60 Å². The highest BCUT2D eigenvalue weighted by Crippen LogP contribution is 2.68. The summed E-state index contributed by atoms with van der Waals surface area (Å²) in [7, 11) is 0. The maximum atomic E-state index is 12.2. The summed E-state index contributed by atoms with van der Waals surface area (Å²) in [6.07, 6.45) is 9.25. The van der Waals surface area contributed by atoms with E-state index in [-0.39, 0.29) is 17.3 Å². The molecule has 4 saturated carbocycles. The summed E-state index contributed by atoms with van der Waals surface area (Å²) < 4.78 is 0. The van der Waals surface area contributed by atoms with Crippen LogP contribution in [-0.4, -0.2) is 27.7 Å². The van der Waals surface area contributed by atoms with Crippen LogP contribution in [0.1, 0.15) is 78.6 Å². The van der Waals surface area contributed by atoms with Gasteiger partial charge in [-0.1, -0.05) is 13.8 Å². The van der Waals surface area contributed by atoms with Gasteiger partial charge in [-0.25, -0.2) is 0 Å². The Morgan fingerprint density at radius 2 is 1.67 bits per heavy atom. The van der Waals surface area contributed by atoms with Gasteiger partial charge in [0.05, 0.1) is 6.10 Å². The van der Waals surface area contributed by atoms with Gasteiger partial charge in [0.2, 0.25) is 0 Å². The van der Waals surface area contributed by atoms with Crippen LogP contribution >= 0.6 is 0 Å². The van der Waals surface area contributed by atoms with Gasteiger partial charge >= 0.3 is 0 Å². The maximum Gasteiger partial charge on any atom is 0.161 e. The molecule has 3 unspecified atom stereocenters. The summed E-state index contributed by atoms with van der Waals surface area (Å²) >= 11 is 0. The molecular weight excluding hydrogens is 300 g/mol. The van der Waals surface area contributed by atoms with Crippen molar-refractivity contribution in [2.75, 3.05) is 0 Å². The normalized spacial score (nSPS) is 57.0. The number of rotatable bonds is 1. The second kappa shape index (κ2) is 5.30. The molecule has 0 aliphatic heterocycles. The van der Waals surface area contributed by atoms with E-state index in [1.807, 2.05) is 0 Å². The Morgan fingerprint density at radius 1 is 0.958 bits per heavy atom. The van der Waals surface area contributed by atoms with Gasteiger partial charge < -0.3 is 10.2 Å². The lowest BCUT2D eigenvalue weighted by Gasteiger charge is -2.61. The Morgan fingerprint density at radius 3 is 2.38 bits per heavy atom. The van der Waals surface area contributed by atoms with Crippen molar-refractivity contribution >= 4 is 5.78 Å². The Kier molecular flexibility index (Phi) is 3.76. The second-order valence-corrected chi connectivity index (χ2v) is 10.00. The van der Waals surface area contributed by atoms with Crippen LogP contribution in [0.5, 0.6) is 0 Å². The molecule has 3 nitrogen and oxygen atoms in total. The van der Waals surface area contributed by atoms with Crippen molar-refractivity contribution in [2.24, 2.45) is 34.5 Å². The van der Waals surface area contributed by atoms with Gasteiger partial charge in [0.25, 0.3) is 0 Å². The Labute approximate surface area is 146 Å². The van der Waals surface area contributed by atoms with Crippen molar-refractivity contribution in [2.45, 2.75) is 90.3 Å². The third-order valence-electron chi connectivity index (χ3n) is 9.37. The molecule has 0 amide bonds. The van der Waals surface area contributed by atoms with E-state index >= 15 is 0 Å². The SMILES string of the molecule is CC(=O)[C@@]1(O)CCC2C3CC[C@@H]4C[C@H](O)CC[C@]4(C)C3CC[C@@]21C. The number of carbonyl (C=O) groups excluding carboxylic acids is 1. The minimum atomic E-state index is -1.09. The summed E-state index contributed by atoms with van der Waals surface area (Å²) in [5.74, 6) is 2.52. The number of Topliss-reactive ketones (excluding diaryl/α,β-unsaturated/α-hetero) is 1. The van der Waals surface area contributed by atoms with E-state index in [1.54, 1.807) is 6.92 Å². The van der Waals surface area contributed by atoms with E-state index in [0.717, 1.165) is 44.4 Å². The van der Waals surface area contributed by atoms with Gasteiger partial charge in [-0.05, 0) is 93.8 Å². The zero-order valence-electron chi connectivity index (χ0n) is 15.6. The van der Waals surface area contributed by atoms with Gasteiger partial charge in [-0.15, -0.1) is 0 Å². The van der Waals surface area contributed by atoms with Crippen molar-refractivity contribution in [1.29, 1.82) is 0 Å². The highest BCUT2D eigenvalue weighted by Gasteiger charge is 2.65. The van der Waals surface area contributed by atoms with Crippen LogP contribution in [-0.2, 0) is 4.79 Å². The molecule has 0 aromatic rings. The van der Waals surface area contributed by atoms with E-state index in [1.165, 1.54) is 12.8 Å². The number of aliphatic hydroxyl groups is 2. The molecule has 0 aromatic heterocycles. The minimum Gasteiger partial charge on any atom is -0.393 e. The van der Waals surface area contributed by atoms with Crippen molar-refractivity contribution in [3.63, 3.8) is 0 Å². The first kappa shape index (κ1) is 17.0. The third kappa shape index (κ3) is 2.00. The lowest BCUT2D eigenvalue weighted by atomic mass is 9.44. The number of hydrogen-bond donors (Lipinski definition) is 2. The van der Waals surface area contributed by atoms with Crippen molar-refractivity contribution < 1.29 is 15.0 Å². The predicted molar refractivity (Wildman–Crippen MR) is 93.4 cm³/mol. The lowest BCUT2D eigenvalue weighted by Crippen LogP contribution is -2.58. The first-order chi connectivity index (χ1) is 11.2.